The Hall–Kier alpha value is -3.29. The number of nitrogens with one attached hydrogen (secondary N) is 1. The molecule has 1 aromatic rings. The lowest BCUT2D eigenvalue weighted by molar-refractivity contribution is -0.154. The van der Waals surface area contributed by atoms with Crippen LogP contribution in [0.15, 0.2) is 18.2 Å². The van der Waals surface area contributed by atoms with Crippen LogP contribution in [0.5, 0.6) is 0 Å². The number of terminal acetylenes is 1. The van der Waals surface area contributed by atoms with Gasteiger partial charge >= 0.3 is 12.1 Å². The van der Waals surface area contributed by atoms with E-state index in [1.54, 1.807) is 59.7 Å². The third-order valence-electron chi connectivity index (χ3n) is 3.52. The van der Waals surface area contributed by atoms with Crippen LogP contribution in [0, 0.1) is 24.2 Å². The fraction of sp³-hybridized carbons (Fsp3) is 0.480. The van der Waals surface area contributed by atoms with Crippen molar-refractivity contribution < 1.29 is 28.6 Å². The van der Waals surface area contributed by atoms with E-state index in [0.717, 1.165) is 0 Å². The molecule has 0 saturated heterocycles. The van der Waals surface area contributed by atoms with Crippen molar-refractivity contribution in [2.45, 2.75) is 65.6 Å². The molecule has 0 unspecified atom stereocenters. The second-order valence-corrected chi connectivity index (χ2v) is 8.90. The van der Waals surface area contributed by atoms with Crippen LogP contribution in [0.1, 0.15) is 70.3 Å². The lowest BCUT2D eigenvalue weighted by Crippen LogP contribution is -2.28. The third-order valence-corrected chi connectivity index (χ3v) is 3.52. The van der Waals surface area contributed by atoms with E-state index in [0.29, 0.717) is 5.56 Å². The summed E-state index contributed by atoms with van der Waals surface area (Å²) in [6.07, 6.45) is 4.27. The number of ether oxygens (including phenoxy) is 3. The monoisotopic (exact) mass is 441 g/mol. The van der Waals surface area contributed by atoms with E-state index in [1.807, 2.05) is 0 Å². The summed E-state index contributed by atoms with van der Waals surface area (Å²) in [6, 6.07) is 4.77. The third kappa shape index (κ3) is 11.2. The molecule has 0 aromatic heterocycles. The molecule has 0 fully saturated rings. The SMILES string of the molecule is C#CCOCC#Cc1ccc(C(=O)CCC(=O)OC(C)(C)C)c(NC(=O)OC(C)(C)C)c1. The fourth-order valence-electron chi connectivity index (χ4n) is 2.42. The van der Waals surface area contributed by atoms with Crippen LogP contribution in [0.4, 0.5) is 10.5 Å². The summed E-state index contributed by atoms with van der Waals surface area (Å²) in [7, 11) is 0. The Morgan fingerprint density at radius 1 is 0.969 bits per heavy atom. The Kier molecular flexibility index (Phi) is 9.97. The number of anilines is 1. The first-order chi connectivity index (χ1) is 14.8. The van der Waals surface area contributed by atoms with Crippen molar-refractivity contribution in [3.8, 4) is 24.2 Å². The highest BCUT2D eigenvalue weighted by Gasteiger charge is 2.21. The number of ketones is 1. The molecule has 0 atom stereocenters. The summed E-state index contributed by atoms with van der Waals surface area (Å²) in [5.74, 6) is 7.25. The van der Waals surface area contributed by atoms with Crippen molar-refractivity contribution >= 4 is 23.5 Å². The summed E-state index contributed by atoms with van der Waals surface area (Å²) in [5, 5.41) is 2.60. The summed E-state index contributed by atoms with van der Waals surface area (Å²) in [5.41, 5.74) is -0.299. The molecule has 0 bridgehead atoms. The fourth-order valence-corrected chi connectivity index (χ4v) is 2.42. The van der Waals surface area contributed by atoms with E-state index in [4.69, 9.17) is 20.6 Å². The summed E-state index contributed by atoms with van der Waals surface area (Å²) >= 11 is 0. The second kappa shape index (κ2) is 11.9. The zero-order chi connectivity index (χ0) is 24.4. The highest BCUT2D eigenvalue weighted by molar-refractivity contribution is 6.05. The molecule has 1 aromatic carbocycles. The summed E-state index contributed by atoms with van der Waals surface area (Å²) in [4.78, 5) is 37.0. The number of Topliss-reactive ketones (excluding diaryl/α,β-unsaturated/α-hetero) is 1. The normalized spacial score (nSPS) is 10.9. The number of hydrogen-bond donors (Lipinski definition) is 1. The number of carbonyl (C=O) groups excluding carboxylic acids is 3. The van der Waals surface area contributed by atoms with Crippen molar-refractivity contribution in [1.29, 1.82) is 0 Å². The maximum absolute atomic E-state index is 12.8. The van der Waals surface area contributed by atoms with E-state index in [1.165, 1.54) is 0 Å². The number of amides is 1. The van der Waals surface area contributed by atoms with Gasteiger partial charge in [0, 0.05) is 17.5 Å². The van der Waals surface area contributed by atoms with E-state index in [-0.39, 0.29) is 43.1 Å². The van der Waals surface area contributed by atoms with Gasteiger partial charge in [-0.15, -0.1) is 6.42 Å². The van der Waals surface area contributed by atoms with Crippen LogP contribution in [0.25, 0.3) is 0 Å². The van der Waals surface area contributed by atoms with Gasteiger partial charge in [0.15, 0.2) is 5.78 Å². The maximum Gasteiger partial charge on any atom is 0.412 e. The van der Waals surface area contributed by atoms with Gasteiger partial charge in [-0.05, 0) is 59.7 Å². The average Bonchev–Trinajstić information content (AvgIpc) is 2.63. The molecule has 0 radical (unpaired) electrons. The van der Waals surface area contributed by atoms with Crippen molar-refractivity contribution in [3.63, 3.8) is 0 Å². The van der Waals surface area contributed by atoms with Gasteiger partial charge < -0.3 is 14.2 Å². The van der Waals surface area contributed by atoms with Gasteiger partial charge in [0.1, 0.15) is 24.4 Å². The first kappa shape index (κ1) is 26.7. The number of hydrogen-bond acceptors (Lipinski definition) is 6. The van der Waals surface area contributed by atoms with Crippen LogP contribution in [0.3, 0.4) is 0 Å². The zero-order valence-corrected chi connectivity index (χ0v) is 19.6. The Morgan fingerprint density at radius 3 is 2.22 bits per heavy atom. The van der Waals surface area contributed by atoms with Crippen molar-refractivity contribution in [2.24, 2.45) is 0 Å². The highest BCUT2D eigenvalue weighted by Crippen LogP contribution is 2.22. The predicted octanol–water partition coefficient (Wildman–Crippen LogP) is 4.34. The van der Waals surface area contributed by atoms with Gasteiger partial charge in [-0.3, -0.25) is 14.9 Å². The van der Waals surface area contributed by atoms with Gasteiger partial charge in [-0.2, -0.15) is 0 Å². The smallest absolute Gasteiger partial charge is 0.412 e. The minimum absolute atomic E-state index is 0.0666. The molecule has 0 aliphatic heterocycles. The molecule has 0 aliphatic carbocycles. The number of rotatable bonds is 7. The molecular weight excluding hydrogens is 410 g/mol. The average molecular weight is 442 g/mol. The molecule has 0 saturated carbocycles. The van der Waals surface area contributed by atoms with Crippen LogP contribution in [-0.4, -0.2) is 42.3 Å². The molecule has 0 heterocycles. The molecule has 172 valence electrons. The first-order valence-corrected chi connectivity index (χ1v) is 10.2. The lowest BCUT2D eigenvalue weighted by atomic mass is 10.0. The molecule has 1 rings (SSSR count). The van der Waals surface area contributed by atoms with Crippen molar-refractivity contribution in [2.75, 3.05) is 18.5 Å². The number of carbonyl (C=O) groups is 3. The van der Waals surface area contributed by atoms with E-state index in [2.05, 4.69) is 23.1 Å². The lowest BCUT2D eigenvalue weighted by Gasteiger charge is -2.21. The van der Waals surface area contributed by atoms with Gasteiger partial charge in [0.2, 0.25) is 0 Å². The number of benzene rings is 1. The maximum atomic E-state index is 12.8. The molecule has 1 N–H and O–H groups in total. The second-order valence-electron chi connectivity index (χ2n) is 8.90. The topological polar surface area (TPSA) is 90.9 Å². The Morgan fingerprint density at radius 2 is 1.62 bits per heavy atom. The van der Waals surface area contributed by atoms with Crippen molar-refractivity contribution in [3.05, 3.63) is 29.3 Å². The van der Waals surface area contributed by atoms with Crippen LogP contribution < -0.4 is 5.32 Å². The number of esters is 1. The standard InChI is InChI=1S/C25H31NO6/c1-8-15-30-16-9-10-18-11-12-19(20(17-18)26-23(29)32-25(5,6)7)21(27)13-14-22(28)31-24(2,3)4/h1,11-12,17H,13-16H2,2-7H3,(H,26,29). The Bertz CT molecular complexity index is 932. The summed E-state index contributed by atoms with van der Waals surface area (Å²) < 4.78 is 15.6. The van der Waals surface area contributed by atoms with Gasteiger partial charge in [0.05, 0.1) is 12.1 Å². The van der Waals surface area contributed by atoms with Gasteiger partial charge in [0.25, 0.3) is 0 Å². The molecule has 0 aliphatic rings. The van der Waals surface area contributed by atoms with Crippen molar-refractivity contribution in [1.82, 2.24) is 0 Å². The first-order valence-electron chi connectivity index (χ1n) is 10.2. The van der Waals surface area contributed by atoms with Crippen LogP contribution in [-0.2, 0) is 19.0 Å². The Balaban J connectivity index is 3.04. The molecule has 32 heavy (non-hydrogen) atoms. The van der Waals surface area contributed by atoms with Crippen LogP contribution in [0.2, 0.25) is 0 Å². The molecule has 1 amide bonds. The van der Waals surface area contributed by atoms with Gasteiger partial charge in [-0.25, -0.2) is 4.79 Å². The molecule has 7 heteroatoms. The minimum atomic E-state index is -0.712. The minimum Gasteiger partial charge on any atom is -0.460 e. The van der Waals surface area contributed by atoms with Gasteiger partial charge in [-0.1, -0.05) is 17.8 Å². The Labute approximate surface area is 190 Å². The molecule has 0 spiro atoms. The van der Waals surface area contributed by atoms with Crippen LogP contribution >= 0.6 is 0 Å². The van der Waals surface area contributed by atoms with E-state index >= 15 is 0 Å². The van der Waals surface area contributed by atoms with E-state index in [9.17, 15) is 14.4 Å². The summed E-state index contributed by atoms with van der Waals surface area (Å²) in [6.45, 7) is 10.8. The zero-order valence-electron chi connectivity index (χ0n) is 19.6. The molecule has 7 nitrogen and oxygen atoms in total. The van der Waals surface area contributed by atoms with E-state index < -0.39 is 23.3 Å². The molecular formula is C25H31NO6. The largest absolute Gasteiger partial charge is 0.460 e. The highest BCUT2D eigenvalue weighted by atomic mass is 16.6. The predicted molar refractivity (Wildman–Crippen MR) is 122 cm³/mol. The quantitative estimate of drug-likeness (QED) is 0.293.